The van der Waals surface area contributed by atoms with Crippen molar-refractivity contribution in [1.29, 1.82) is 0 Å². The van der Waals surface area contributed by atoms with Gasteiger partial charge in [-0.1, -0.05) is 30.3 Å². The van der Waals surface area contributed by atoms with Crippen molar-refractivity contribution >= 4 is 11.9 Å². The average molecular weight is 330 g/mol. The Labute approximate surface area is 143 Å². The first-order valence-electron chi connectivity index (χ1n) is 8.67. The van der Waals surface area contributed by atoms with Gasteiger partial charge < -0.3 is 4.90 Å². The zero-order chi connectivity index (χ0) is 17.2. The molecule has 2 heterocycles. The average Bonchev–Trinajstić information content (AvgIpc) is 2.73. The predicted molar refractivity (Wildman–Crippen MR) is 92.3 cm³/mol. The van der Waals surface area contributed by atoms with Crippen molar-refractivity contribution in [2.45, 2.75) is 38.4 Å². The molecule has 2 aliphatic heterocycles. The first-order chi connectivity index (χ1) is 11.5. The van der Waals surface area contributed by atoms with Gasteiger partial charge in [0.05, 0.1) is 6.17 Å². The maximum absolute atomic E-state index is 12.5. The van der Waals surface area contributed by atoms with E-state index in [2.05, 4.69) is 22.8 Å². The molecular weight excluding hydrogens is 304 g/mol. The number of imide groups is 1. The van der Waals surface area contributed by atoms with Crippen LogP contribution in [0.15, 0.2) is 30.3 Å². The van der Waals surface area contributed by atoms with E-state index in [1.807, 2.05) is 32.0 Å². The SMILES string of the molecule is CC1(C)C(=O)N2CCCNC(c3ccccc3)NCCCN1C2=O. The van der Waals surface area contributed by atoms with Crippen molar-refractivity contribution < 1.29 is 9.59 Å². The molecule has 24 heavy (non-hydrogen) atoms. The summed E-state index contributed by atoms with van der Waals surface area (Å²) in [7, 11) is 0. The van der Waals surface area contributed by atoms with Crippen LogP contribution in [0.1, 0.15) is 38.4 Å². The lowest BCUT2D eigenvalue weighted by Gasteiger charge is -2.28. The Kier molecular flexibility index (Phi) is 4.87. The molecule has 1 aromatic rings. The van der Waals surface area contributed by atoms with Gasteiger partial charge >= 0.3 is 6.03 Å². The number of hydrogen-bond donors (Lipinski definition) is 2. The lowest BCUT2D eigenvalue weighted by Crippen LogP contribution is -2.45. The summed E-state index contributed by atoms with van der Waals surface area (Å²) >= 11 is 0. The topological polar surface area (TPSA) is 64.7 Å². The molecule has 130 valence electrons. The Balaban J connectivity index is 1.72. The quantitative estimate of drug-likeness (QED) is 0.769. The van der Waals surface area contributed by atoms with E-state index in [4.69, 9.17) is 0 Å². The van der Waals surface area contributed by atoms with Crippen LogP contribution in [0.25, 0.3) is 0 Å². The summed E-state index contributed by atoms with van der Waals surface area (Å²) in [6.07, 6.45) is 1.64. The Morgan fingerprint density at radius 2 is 1.62 bits per heavy atom. The van der Waals surface area contributed by atoms with Crippen molar-refractivity contribution in [3.8, 4) is 0 Å². The Morgan fingerprint density at radius 1 is 1.00 bits per heavy atom. The van der Waals surface area contributed by atoms with E-state index in [1.54, 1.807) is 4.90 Å². The molecular formula is C18H26N4O2. The fourth-order valence-corrected chi connectivity index (χ4v) is 3.41. The smallest absolute Gasteiger partial charge is 0.310 e. The van der Waals surface area contributed by atoms with E-state index in [0.717, 1.165) is 25.9 Å². The highest BCUT2D eigenvalue weighted by Gasteiger charge is 2.50. The molecule has 2 fully saturated rings. The van der Waals surface area contributed by atoms with Crippen LogP contribution in [0.2, 0.25) is 0 Å². The number of carbonyl (C=O) groups is 2. The summed E-state index contributed by atoms with van der Waals surface area (Å²) in [5.41, 5.74) is 0.461. The number of benzene rings is 1. The number of urea groups is 1. The molecule has 3 amide bonds. The van der Waals surface area contributed by atoms with Gasteiger partial charge in [0.15, 0.2) is 0 Å². The molecule has 2 saturated heterocycles. The minimum absolute atomic E-state index is 0.0840. The minimum atomic E-state index is -0.739. The predicted octanol–water partition coefficient (Wildman–Crippen LogP) is 1.70. The molecule has 0 saturated carbocycles. The minimum Gasteiger partial charge on any atom is -0.310 e. The highest BCUT2D eigenvalue weighted by molar-refractivity contribution is 6.06. The molecule has 3 rings (SSSR count). The normalized spacial score (nSPS) is 25.3. The second kappa shape index (κ2) is 6.91. The summed E-state index contributed by atoms with van der Waals surface area (Å²) in [4.78, 5) is 28.2. The van der Waals surface area contributed by atoms with Crippen molar-refractivity contribution in [3.63, 3.8) is 0 Å². The van der Waals surface area contributed by atoms with Gasteiger partial charge in [-0.2, -0.15) is 0 Å². The van der Waals surface area contributed by atoms with E-state index >= 15 is 0 Å². The molecule has 0 radical (unpaired) electrons. The summed E-state index contributed by atoms with van der Waals surface area (Å²) in [6, 6.07) is 10.1. The summed E-state index contributed by atoms with van der Waals surface area (Å²) < 4.78 is 0. The van der Waals surface area contributed by atoms with Gasteiger partial charge in [-0.15, -0.1) is 0 Å². The Morgan fingerprint density at radius 3 is 2.29 bits per heavy atom. The van der Waals surface area contributed by atoms with Crippen LogP contribution in [0.4, 0.5) is 4.79 Å². The largest absolute Gasteiger partial charge is 0.327 e. The van der Waals surface area contributed by atoms with Crippen molar-refractivity contribution in [2.75, 3.05) is 26.2 Å². The first kappa shape index (κ1) is 16.9. The lowest BCUT2D eigenvalue weighted by molar-refractivity contribution is -0.131. The fourth-order valence-electron chi connectivity index (χ4n) is 3.41. The second-order valence-electron chi connectivity index (χ2n) is 6.91. The third kappa shape index (κ3) is 3.16. The van der Waals surface area contributed by atoms with Gasteiger partial charge in [0.2, 0.25) is 0 Å². The Hall–Kier alpha value is -1.92. The number of amides is 3. The van der Waals surface area contributed by atoms with Gasteiger partial charge in [0.1, 0.15) is 5.54 Å². The van der Waals surface area contributed by atoms with Gasteiger partial charge in [-0.3, -0.25) is 20.3 Å². The number of rotatable bonds is 1. The van der Waals surface area contributed by atoms with Crippen molar-refractivity contribution in [2.24, 2.45) is 0 Å². The van der Waals surface area contributed by atoms with Crippen LogP contribution in [0.5, 0.6) is 0 Å². The van der Waals surface area contributed by atoms with Gasteiger partial charge in [0.25, 0.3) is 5.91 Å². The van der Waals surface area contributed by atoms with Gasteiger partial charge in [-0.25, -0.2) is 4.79 Å². The first-order valence-corrected chi connectivity index (χ1v) is 8.67. The molecule has 1 aromatic carbocycles. The molecule has 6 nitrogen and oxygen atoms in total. The zero-order valence-corrected chi connectivity index (χ0v) is 14.4. The molecule has 2 aliphatic rings. The Bertz CT molecular complexity index is 602. The van der Waals surface area contributed by atoms with E-state index in [0.29, 0.717) is 13.1 Å². The standard InChI is InChI=1S/C18H26N4O2/c1-18(2)16(23)21-12-6-10-19-15(14-8-4-3-5-9-14)20-11-7-13-22(18)17(21)24/h3-5,8-9,15,19-20H,6-7,10-13H2,1-2H3. The van der Waals surface area contributed by atoms with Crippen LogP contribution >= 0.6 is 0 Å². The van der Waals surface area contributed by atoms with Crippen molar-refractivity contribution in [1.82, 2.24) is 20.4 Å². The lowest BCUT2D eigenvalue weighted by atomic mass is 10.0. The molecule has 0 aliphatic carbocycles. The van der Waals surface area contributed by atoms with Crippen LogP contribution in [0, 0.1) is 0 Å². The van der Waals surface area contributed by atoms with E-state index in [1.165, 1.54) is 10.5 Å². The highest BCUT2D eigenvalue weighted by atomic mass is 16.2. The number of nitrogens with zero attached hydrogens (tertiary/aromatic N) is 2. The van der Waals surface area contributed by atoms with Gasteiger partial charge in [0, 0.05) is 13.1 Å². The molecule has 1 unspecified atom stereocenters. The summed E-state index contributed by atoms with van der Waals surface area (Å²) in [5.74, 6) is -0.0840. The number of nitrogens with one attached hydrogen (secondary N) is 2. The van der Waals surface area contributed by atoms with Crippen LogP contribution < -0.4 is 10.6 Å². The van der Waals surface area contributed by atoms with E-state index in [9.17, 15) is 9.59 Å². The monoisotopic (exact) mass is 330 g/mol. The summed E-state index contributed by atoms with van der Waals surface area (Å²) in [6.45, 7) is 6.25. The molecule has 0 aromatic heterocycles. The number of carbonyl (C=O) groups excluding carboxylic acids is 2. The third-order valence-corrected chi connectivity index (χ3v) is 4.85. The third-order valence-electron chi connectivity index (χ3n) is 4.85. The van der Waals surface area contributed by atoms with E-state index < -0.39 is 5.54 Å². The number of fused-ring (bicyclic) bond motifs is 2. The maximum Gasteiger partial charge on any atom is 0.327 e. The molecule has 1 atom stereocenters. The molecule has 6 heteroatoms. The van der Waals surface area contributed by atoms with Gasteiger partial charge in [-0.05, 0) is 45.3 Å². The number of hydrogen-bond acceptors (Lipinski definition) is 4. The maximum atomic E-state index is 12.5. The zero-order valence-electron chi connectivity index (χ0n) is 14.4. The van der Waals surface area contributed by atoms with Crippen LogP contribution in [0.3, 0.4) is 0 Å². The van der Waals surface area contributed by atoms with Crippen molar-refractivity contribution in [3.05, 3.63) is 35.9 Å². The van der Waals surface area contributed by atoms with E-state index in [-0.39, 0.29) is 18.1 Å². The second-order valence-corrected chi connectivity index (χ2v) is 6.91. The molecule has 2 N–H and O–H groups in total. The highest BCUT2D eigenvalue weighted by Crippen LogP contribution is 2.28. The fraction of sp³-hybridized carbons (Fsp3) is 0.556. The van der Waals surface area contributed by atoms with Crippen LogP contribution in [-0.2, 0) is 4.79 Å². The van der Waals surface area contributed by atoms with Crippen LogP contribution in [-0.4, -0.2) is 53.5 Å². The summed E-state index contributed by atoms with van der Waals surface area (Å²) in [5, 5.41) is 7.01. The molecule has 2 bridgehead atoms. The molecule has 0 spiro atoms.